The van der Waals surface area contributed by atoms with Crippen molar-refractivity contribution in [3.63, 3.8) is 0 Å². The number of thiazole rings is 1. The smallest absolute Gasteiger partial charge is 0.310 e. The van der Waals surface area contributed by atoms with Gasteiger partial charge in [-0.15, -0.1) is 0 Å². The lowest BCUT2D eigenvalue weighted by Crippen LogP contribution is -2.13. The predicted molar refractivity (Wildman–Crippen MR) is 108 cm³/mol. The molecule has 1 aromatic heterocycles. The second-order valence-electron chi connectivity index (χ2n) is 6.29. The molecule has 0 aliphatic carbocycles. The van der Waals surface area contributed by atoms with E-state index in [4.69, 9.17) is 0 Å². The highest BCUT2D eigenvalue weighted by molar-refractivity contribution is 7.10. The van der Waals surface area contributed by atoms with E-state index in [1.807, 2.05) is 18.2 Å². The Hall–Kier alpha value is -2.99. The van der Waals surface area contributed by atoms with E-state index in [9.17, 15) is 14.3 Å². The molecule has 0 fully saturated rings. The summed E-state index contributed by atoms with van der Waals surface area (Å²) in [7, 11) is 0. The lowest BCUT2D eigenvalue weighted by molar-refractivity contribution is 0.420. The van der Waals surface area contributed by atoms with Gasteiger partial charge < -0.3 is 5.11 Å². The number of aliphatic imine (C=N–C) groups is 1. The number of hydrogen-bond acceptors (Lipinski definition) is 4. The van der Waals surface area contributed by atoms with E-state index in [1.54, 1.807) is 24.4 Å². The van der Waals surface area contributed by atoms with E-state index in [-0.39, 0.29) is 23.1 Å². The monoisotopic (exact) mass is 380 g/mol. The molecule has 0 unspecified atom stereocenters. The Labute approximate surface area is 159 Å². The van der Waals surface area contributed by atoms with Crippen LogP contribution in [0.2, 0.25) is 0 Å². The van der Waals surface area contributed by atoms with Crippen LogP contribution in [0.4, 0.5) is 10.1 Å². The molecule has 0 saturated heterocycles. The van der Waals surface area contributed by atoms with Crippen LogP contribution in [0.5, 0.6) is 5.88 Å². The number of nitrogens with zero attached hydrogens (tertiary/aromatic N) is 2. The molecule has 0 radical (unpaired) electrons. The van der Waals surface area contributed by atoms with E-state index in [0.29, 0.717) is 4.88 Å². The van der Waals surface area contributed by atoms with Crippen LogP contribution < -0.4 is 4.87 Å². The fourth-order valence-corrected chi connectivity index (χ4v) is 3.98. The van der Waals surface area contributed by atoms with Crippen molar-refractivity contribution < 1.29 is 9.50 Å². The molecule has 2 aromatic carbocycles. The SMILES string of the molecule is CCc1cccc2c1N=CC2=Cc1sc(=O)n(Cc2ccc(F)cc2)c1O. The summed E-state index contributed by atoms with van der Waals surface area (Å²) in [6.45, 7) is 2.27. The molecule has 3 aromatic rings. The third kappa shape index (κ3) is 3.24. The standard InChI is InChI=1S/C21H17FN2O2S/c1-2-14-4-3-5-17-15(11-23-19(14)17)10-18-20(25)24(21(26)27-18)12-13-6-8-16(22)9-7-13/h3-11,25H,2,12H2,1H3. The van der Waals surface area contributed by atoms with Crippen LogP contribution in [-0.2, 0) is 13.0 Å². The number of allylic oxidation sites excluding steroid dienone is 1. The van der Waals surface area contributed by atoms with Gasteiger partial charge in [-0.05, 0) is 35.8 Å². The normalized spacial score (nSPS) is 14.1. The van der Waals surface area contributed by atoms with Gasteiger partial charge in [-0.2, -0.15) is 0 Å². The van der Waals surface area contributed by atoms with E-state index in [2.05, 4.69) is 11.9 Å². The first-order valence-corrected chi connectivity index (χ1v) is 9.43. The molecule has 1 aliphatic heterocycles. The van der Waals surface area contributed by atoms with Gasteiger partial charge in [0.2, 0.25) is 5.88 Å². The van der Waals surface area contributed by atoms with Gasteiger partial charge in [0.1, 0.15) is 5.82 Å². The van der Waals surface area contributed by atoms with Crippen molar-refractivity contribution in [1.29, 1.82) is 0 Å². The van der Waals surface area contributed by atoms with Gasteiger partial charge in [-0.25, -0.2) is 4.39 Å². The maximum atomic E-state index is 13.1. The minimum Gasteiger partial charge on any atom is -0.493 e. The van der Waals surface area contributed by atoms with Crippen molar-refractivity contribution >= 4 is 34.9 Å². The number of aryl methyl sites for hydroxylation is 1. The fraction of sp³-hybridized carbons (Fsp3) is 0.143. The van der Waals surface area contributed by atoms with Crippen LogP contribution in [0.25, 0.3) is 11.6 Å². The van der Waals surface area contributed by atoms with Gasteiger partial charge in [0.25, 0.3) is 0 Å². The zero-order chi connectivity index (χ0) is 19.0. The second-order valence-corrected chi connectivity index (χ2v) is 7.29. The largest absolute Gasteiger partial charge is 0.493 e. The van der Waals surface area contributed by atoms with Crippen LogP contribution in [0.1, 0.15) is 28.5 Å². The zero-order valence-corrected chi connectivity index (χ0v) is 15.5. The highest BCUT2D eigenvalue weighted by Crippen LogP contribution is 2.37. The number of aromatic nitrogens is 1. The lowest BCUT2D eigenvalue weighted by Gasteiger charge is -2.05. The molecule has 136 valence electrons. The maximum absolute atomic E-state index is 13.1. The highest BCUT2D eigenvalue weighted by Gasteiger charge is 2.18. The van der Waals surface area contributed by atoms with Crippen molar-refractivity contribution in [2.75, 3.05) is 0 Å². The summed E-state index contributed by atoms with van der Waals surface area (Å²) in [5.41, 5.74) is 4.72. The molecule has 0 saturated carbocycles. The van der Waals surface area contributed by atoms with Gasteiger partial charge >= 0.3 is 4.87 Å². The van der Waals surface area contributed by atoms with Gasteiger partial charge in [0, 0.05) is 17.4 Å². The zero-order valence-electron chi connectivity index (χ0n) is 14.6. The minimum atomic E-state index is -0.336. The molecule has 1 aliphatic rings. The van der Waals surface area contributed by atoms with E-state index >= 15 is 0 Å². The number of para-hydroxylation sites is 1. The molecule has 0 amide bonds. The Morgan fingerprint density at radius 3 is 2.74 bits per heavy atom. The molecule has 1 N–H and O–H groups in total. The molecule has 27 heavy (non-hydrogen) atoms. The fourth-order valence-electron chi connectivity index (χ4n) is 3.14. The molecule has 2 heterocycles. The quantitative estimate of drug-likeness (QED) is 0.718. The first-order chi connectivity index (χ1) is 13.1. The third-order valence-electron chi connectivity index (χ3n) is 4.58. The summed E-state index contributed by atoms with van der Waals surface area (Å²) < 4.78 is 14.3. The summed E-state index contributed by atoms with van der Waals surface area (Å²) in [6.07, 6.45) is 4.44. The summed E-state index contributed by atoms with van der Waals surface area (Å²) in [5, 5.41) is 10.5. The molecular formula is C21H17FN2O2S. The molecule has 0 bridgehead atoms. The van der Waals surface area contributed by atoms with Crippen LogP contribution in [0.15, 0.2) is 52.3 Å². The Bertz CT molecular complexity index is 1120. The molecule has 0 atom stereocenters. The Morgan fingerprint density at radius 2 is 2.00 bits per heavy atom. The van der Waals surface area contributed by atoms with Crippen LogP contribution in [0, 0.1) is 5.82 Å². The summed E-state index contributed by atoms with van der Waals surface area (Å²) >= 11 is 0.980. The van der Waals surface area contributed by atoms with Crippen molar-refractivity contribution in [2.24, 2.45) is 4.99 Å². The number of aromatic hydroxyl groups is 1. The minimum absolute atomic E-state index is 0.0877. The predicted octanol–water partition coefficient (Wildman–Crippen LogP) is 4.62. The highest BCUT2D eigenvalue weighted by atomic mass is 32.1. The average molecular weight is 380 g/mol. The van der Waals surface area contributed by atoms with Crippen LogP contribution in [-0.4, -0.2) is 15.9 Å². The third-order valence-corrected chi connectivity index (χ3v) is 5.49. The molecule has 0 spiro atoms. The number of halogens is 1. The van der Waals surface area contributed by atoms with Gasteiger partial charge in [0.05, 0.1) is 17.1 Å². The van der Waals surface area contributed by atoms with Gasteiger partial charge in [-0.3, -0.25) is 14.4 Å². The molecule has 4 rings (SSSR count). The molecular weight excluding hydrogens is 363 g/mol. The van der Waals surface area contributed by atoms with Crippen LogP contribution in [0.3, 0.4) is 0 Å². The maximum Gasteiger partial charge on any atom is 0.310 e. The van der Waals surface area contributed by atoms with Crippen molar-refractivity contribution in [1.82, 2.24) is 4.57 Å². The Morgan fingerprint density at radius 1 is 1.22 bits per heavy atom. The first-order valence-electron chi connectivity index (χ1n) is 8.62. The van der Waals surface area contributed by atoms with Gasteiger partial charge in [-0.1, -0.05) is 48.6 Å². The second kappa shape index (κ2) is 6.96. The summed E-state index contributed by atoms with van der Waals surface area (Å²) in [5.74, 6) is -0.424. The number of fused-ring (bicyclic) bond motifs is 1. The number of benzene rings is 2. The van der Waals surface area contributed by atoms with E-state index < -0.39 is 0 Å². The van der Waals surface area contributed by atoms with E-state index in [0.717, 1.165) is 40.1 Å². The van der Waals surface area contributed by atoms with E-state index in [1.165, 1.54) is 22.3 Å². The van der Waals surface area contributed by atoms with Gasteiger partial charge in [0.15, 0.2) is 0 Å². The summed E-state index contributed by atoms with van der Waals surface area (Å²) in [6, 6.07) is 11.9. The Balaban J connectivity index is 1.69. The van der Waals surface area contributed by atoms with Crippen molar-refractivity contribution in [3.05, 3.63) is 79.5 Å². The van der Waals surface area contributed by atoms with Crippen LogP contribution >= 0.6 is 11.3 Å². The summed E-state index contributed by atoms with van der Waals surface area (Å²) in [4.78, 5) is 17.0. The average Bonchev–Trinajstić information content (AvgIpc) is 3.20. The van der Waals surface area contributed by atoms with Crippen molar-refractivity contribution in [3.8, 4) is 5.88 Å². The molecule has 6 heteroatoms. The number of rotatable bonds is 4. The first kappa shape index (κ1) is 17.4. The molecule has 4 nitrogen and oxygen atoms in total. The Kier molecular flexibility index (Phi) is 4.49. The topological polar surface area (TPSA) is 54.6 Å². The lowest BCUT2D eigenvalue weighted by atomic mass is 10.0. The number of hydrogen-bond donors (Lipinski definition) is 1. The van der Waals surface area contributed by atoms with Crippen molar-refractivity contribution in [2.45, 2.75) is 19.9 Å².